The molecule has 0 aliphatic rings. The van der Waals surface area contributed by atoms with Gasteiger partial charge in [-0.2, -0.15) is 0 Å². The van der Waals surface area contributed by atoms with Crippen LogP contribution < -0.4 is 16.4 Å². The molecule has 8 heteroatoms. The number of amides is 2. The van der Waals surface area contributed by atoms with Crippen LogP contribution in [0.25, 0.3) is 0 Å². The standard InChI is InChI=1S/C29H34N4O4/c1-22(29(36)37-20-24-13-7-3-8-14-24)31-26(18-17-23-11-5-2-6-12-23)28(35)33(21-30)19-27(34)32-25-15-9-4-10-16-25/h2-16,22,26,31H,17-21,30H2,1H3,(H,32,34)/t22-,26+/m1/s1. The van der Waals surface area contributed by atoms with E-state index in [0.29, 0.717) is 18.5 Å². The highest BCUT2D eigenvalue weighted by molar-refractivity contribution is 5.95. The number of carbonyl (C=O) groups is 3. The Labute approximate surface area is 217 Å². The van der Waals surface area contributed by atoms with E-state index in [0.717, 1.165) is 11.1 Å². The van der Waals surface area contributed by atoms with Crippen molar-refractivity contribution in [1.29, 1.82) is 0 Å². The van der Waals surface area contributed by atoms with Crippen molar-refractivity contribution in [2.45, 2.75) is 38.5 Å². The fraction of sp³-hybridized carbons (Fsp3) is 0.276. The van der Waals surface area contributed by atoms with Crippen LogP contribution in [-0.2, 0) is 32.1 Å². The monoisotopic (exact) mass is 502 g/mol. The first-order valence-electron chi connectivity index (χ1n) is 12.3. The summed E-state index contributed by atoms with van der Waals surface area (Å²) >= 11 is 0. The van der Waals surface area contributed by atoms with Gasteiger partial charge in [-0.25, -0.2) is 0 Å². The van der Waals surface area contributed by atoms with Crippen LogP contribution >= 0.6 is 0 Å². The fourth-order valence-corrected chi connectivity index (χ4v) is 3.81. The van der Waals surface area contributed by atoms with Gasteiger partial charge in [0.1, 0.15) is 19.2 Å². The van der Waals surface area contributed by atoms with Gasteiger partial charge < -0.3 is 20.7 Å². The normalized spacial score (nSPS) is 12.3. The molecule has 3 aromatic carbocycles. The number of carbonyl (C=O) groups excluding carboxylic acids is 3. The molecule has 4 N–H and O–H groups in total. The van der Waals surface area contributed by atoms with Crippen LogP contribution in [0.2, 0.25) is 0 Å². The Balaban J connectivity index is 1.65. The van der Waals surface area contributed by atoms with Crippen molar-refractivity contribution >= 4 is 23.5 Å². The molecule has 0 saturated carbocycles. The predicted molar refractivity (Wildman–Crippen MR) is 143 cm³/mol. The zero-order chi connectivity index (χ0) is 26.5. The highest BCUT2D eigenvalue weighted by Gasteiger charge is 2.28. The molecule has 8 nitrogen and oxygen atoms in total. The Morgan fingerprint density at radius 3 is 2.03 bits per heavy atom. The summed E-state index contributed by atoms with van der Waals surface area (Å²) in [7, 11) is 0. The number of benzene rings is 3. The fourth-order valence-electron chi connectivity index (χ4n) is 3.81. The van der Waals surface area contributed by atoms with Gasteiger partial charge in [0.15, 0.2) is 0 Å². The number of nitrogens with zero attached hydrogens (tertiary/aromatic N) is 1. The van der Waals surface area contributed by atoms with E-state index in [1.54, 1.807) is 19.1 Å². The first kappa shape index (κ1) is 27.6. The average Bonchev–Trinajstić information content (AvgIpc) is 2.93. The highest BCUT2D eigenvalue weighted by Crippen LogP contribution is 2.11. The van der Waals surface area contributed by atoms with Gasteiger partial charge in [0.25, 0.3) is 0 Å². The topological polar surface area (TPSA) is 114 Å². The van der Waals surface area contributed by atoms with Crippen LogP contribution in [-0.4, -0.2) is 48.0 Å². The van der Waals surface area contributed by atoms with Crippen molar-refractivity contribution in [2.75, 3.05) is 18.5 Å². The van der Waals surface area contributed by atoms with Gasteiger partial charge in [0.2, 0.25) is 11.8 Å². The maximum atomic E-state index is 13.5. The Morgan fingerprint density at radius 1 is 0.865 bits per heavy atom. The van der Waals surface area contributed by atoms with E-state index in [4.69, 9.17) is 10.5 Å². The van der Waals surface area contributed by atoms with Crippen LogP contribution in [0.5, 0.6) is 0 Å². The molecule has 2 atom stereocenters. The second-order valence-electron chi connectivity index (χ2n) is 8.69. The van der Waals surface area contributed by atoms with E-state index >= 15 is 0 Å². The number of nitrogens with two attached hydrogens (primary N) is 1. The number of anilines is 1. The van der Waals surface area contributed by atoms with Crippen LogP contribution in [0, 0.1) is 0 Å². The summed E-state index contributed by atoms with van der Waals surface area (Å²) < 4.78 is 5.44. The van der Waals surface area contributed by atoms with E-state index in [1.165, 1.54) is 4.90 Å². The van der Waals surface area contributed by atoms with Crippen molar-refractivity contribution in [2.24, 2.45) is 5.73 Å². The molecule has 0 saturated heterocycles. The Hall–Kier alpha value is -4.01. The third kappa shape index (κ3) is 9.18. The van der Waals surface area contributed by atoms with Crippen LogP contribution in [0.4, 0.5) is 5.69 Å². The summed E-state index contributed by atoms with van der Waals surface area (Å²) in [5.74, 6) is -1.19. The molecule has 3 aromatic rings. The number of hydrogen-bond donors (Lipinski definition) is 3. The zero-order valence-electron chi connectivity index (χ0n) is 21.0. The lowest BCUT2D eigenvalue weighted by Crippen LogP contribution is -2.54. The molecule has 194 valence electrons. The molecule has 0 unspecified atom stereocenters. The van der Waals surface area contributed by atoms with Gasteiger partial charge >= 0.3 is 5.97 Å². The SMILES string of the molecule is C[C@@H](N[C@@H](CCc1ccccc1)C(=O)N(CN)CC(=O)Nc1ccccc1)C(=O)OCc1ccccc1. The number of para-hydroxylation sites is 1. The van der Waals surface area contributed by atoms with Crippen molar-refractivity contribution in [3.05, 3.63) is 102 Å². The molecule has 0 aromatic heterocycles. The number of hydrogen-bond acceptors (Lipinski definition) is 6. The third-order valence-corrected chi connectivity index (χ3v) is 5.82. The largest absolute Gasteiger partial charge is 0.460 e. The number of nitrogens with one attached hydrogen (secondary N) is 2. The molecule has 0 aliphatic carbocycles. The van der Waals surface area contributed by atoms with Crippen molar-refractivity contribution in [3.8, 4) is 0 Å². The Kier molecular flexibility index (Phi) is 10.8. The smallest absolute Gasteiger partial charge is 0.323 e. The second-order valence-corrected chi connectivity index (χ2v) is 8.69. The summed E-state index contributed by atoms with van der Waals surface area (Å²) in [6, 6.07) is 26.6. The van der Waals surface area contributed by atoms with E-state index in [-0.39, 0.29) is 31.6 Å². The lowest BCUT2D eigenvalue weighted by Gasteiger charge is -2.28. The minimum atomic E-state index is -0.744. The third-order valence-electron chi connectivity index (χ3n) is 5.82. The number of ether oxygens (including phenoxy) is 1. The molecule has 0 spiro atoms. The lowest BCUT2D eigenvalue weighted by atomic mass is 10.0. The summed E-state index contributed by atoms with van der Waals surface area (Å²) in [5.41, 5.74) is 8.43. The maximum Gasteiger partial charge on any atom is 0.323 e. The van der Waals surface area contributed by atoms with Gasteiger partial charge in [-0.15, -0.1) is 0 Å². The average molecular weight is 503 g/mol. The van der Waals surface area contributed by atoms with E-state index < -0.39 is 18.1 Å². The molecule has 0 bridgehead atoms. The number of aryl methyl sites for hydroxylation is 1. The first-order chi connectivity index (χ1) is 18.0. The van der Waals surface area contributed by atoms with E-state index in [9.17, 15) is 14.4 Å². The van der Waals surface area contributed by atoms with Gasteiger partial charge in [0.05, 0.1) is 12.7 Å². The quantitative estimate of drug-likeness (QED) is 0.245. The maximum absolute atomic E-state index is 13.5. The van der Waals surface area contributed by atoms with E-state index in [1.807, 2.05) is 78.9 Å². The molecular weight excluding hydrogens is 468 g/mol. The molecule has 2 amide bonds. The summed E-state index contributed by atoms with van der Waals surface area (Å²) in [6.45, 7) is 1.45. The molecular formula is C29H34N4O4. The first-order valence-corrected chi connectivity index (χ1v) is 12.3. The molecule has 37 heavy (non-hydrogen) atoms. The molecule has 0 fully saturated rings. The highest BCUT2D eigenvalue weighted by atomic mass is 16.5. The Morgan fingerprint density at radius 2 is 1.43 bits per heavy atom. The van der Waals surface area contributed by atoms with Crippen LogP contribution in [0.3, 0.4) is 0 Å². The van der Waals surface area contributed by atoms with Crippen LogP contribution in [0.15, 0.2) is 91.0 Å². The molecule has 0 heterocycles. The predicted octanol–water partition coefficient (Wildman–Crippen LogP) is 3.09. The molecule has 0 aliphatic heterocycles. The van der Waals surface area contributed by atoms with Crippen molar-refractivity contribution in [3.63, 3.8) is 0 Å². The summed E-state index contributed by atoms with van der Waals surface area (Å²) in [5, 5.41) is 5.87. The zero-order valence-corrected chi connectivity index (χ0v) is 21.0. The number of esters is 1. The second kappa shape index (κ2) is 14.5. The van der Waals surface area contributed by atoms with Gasteiger partial charge in [0, 0.05) is 5.69 Å². The van der Waals surface area contributed by atoms with Crippen LogP contribution in [0.1, 0.15) is 24.5 Å². The summed E-state index contributed by atoms with van der Waals surface area (Å²) in [6.07, 6.45) is 1.01. The van der Waals surface area contributed by atoms with E-state index in [2.05, 4.69) is 10.6 Å². The Bertz CT molecular complexity index is 1130. The minimum Gasteiger partial charge on any atom is -0.460 e. The molecule has 0 radical (unpaired) electrons. The van der Waals surface area contributed by atoms with Crippen molar-refractivity contribution < 1.29 is 19.1 Å². The minimum absolute atomic E-state index is 0.141. The number of rotatable bonds is 13. The van der Waals surface area contributed by atoms with Crippen molar-refractivity contribution in [1.82, 2.24) is 10.2 Å². The lowest BCUT2D eigenvalue weighted by molar-refractivity contribution is -0.148. The van der Waals surface area contributed by atoms with Gasteiger partial charge in [-0.3, -0.25) is 19.7 Å². The van der Waals surface area contributed by atoms with Gasteiger partial charge in [-0.05, 0) is 43.0 Å². The molecule has 3 rings (SSSR count). The van der Waals surface area contributed by atoms with Gasteiger partial charge in [-0.1, -0.05) is 78.9 Å². The summed E-state index contributed by atoms with van der Waals surface area (Å²) in [4.78, 5) is 40.0.